The van der Waals surface area contributed by atoms with E-state index in [2.05, 4.69) is 4.98 Å². The molecule has 0 atom stereocenters. The average molecular weight is 385 g/mol. The first kappa shape index (κ1) is 18.8. The topological polar surface area (TPSA) is 75.9 Å². The second-order valence-corrected chi connectivity index (χ2v) is 8.59. The second kappa shape index (κ2) is 7.11. The highest BCUT2D eigenvalue weighted by molar-refractivity contribution is 5.96. The van der Waals surface area contributed by atoms with Crippen LogP contribution in [0.4, 0.5) is 10.5 Å². The highest BCUT2D eigenvalue weighted by atomic mass is 16.6. The summed E-state index contributed by atoms with van der Waals surface area (Å²) >= 11 is 0. The number of carbonyl (C=O) groups excluding carboxylic acids is 2. The Bertz CT molecular complexity index is 891. The van der Waals surface area contributed by atoms with Crippen molar-refractivity contribution in [2.45, 2.75) is 58.0 Å². The van der Waals surface area contributed by atoms with E-state index in [9.17, 15) is 9.59 Å². The molecule has 0 saturated carbocycles. The molecule has 1 aromatic heterocycles. The van der Waals surface area contributed by atoms with Crippen LogP contribution in [0.25, 0.3) is 11.1 Å². The van der Waals surface area contributed by atoms with E-state index in [1.807, 2.05) is 43.9 Å². The molecule has 0 bridgehead atoms. The number of amides is 2. The van der Waals surface area contributed by atoms with E-state index in [-0.39, 0.29) is 17.9 Å². The van der Waals surface area contributed by atoms with Gasteiger partial charge in [0, 0.05) is 37.7 Å². The molecule has 2 aliphatic rings. The van der Waals surface area contributed by atoms with E-state index in [0.29, 0.717) is 25.4 Å². The number of aromatic nitrogens is 1. The molecule has 7 heteroatoms. The quantitative estimate of drug-likeness (QED) is 0.779. The molecule has 150 valence electrons. The van der Waals surface area contributed by atoms with Crippen LogP contribution in [-0.2, 0) is 9.53 Å². The fourth-order valence-electron chi connectivity index (χ4n) is 3.83. The van der Waals surface area contributed by atoms with Crippen molar-refractivity contribution >= 4 is 28.8 Å². The third-order valence-corrected chi connectivity index (χ3v) is 5.27. The zero-order valence-electron chi connectivity index (χ0n) is 16.7. The van der Waals surface area contributed by atoms with Gasteiger partial charge in [-0.2, -0.15) is 0 Å². The number of hydrogen-bond donors (Lipinski definition) is 0. The lowest BCUT2D eigenvalue weighted by Gasteiger charge is -2.32. The molecule has 2 fully saturated rings. The minimum absolute atomic E-state index is 0.164. The van der Waals surface area contributed by atoms with Gasteiger partial charge in [-0.05, 0) is 58.2 Å². The minimum Gasteiger partial charge on any atom is -0.444 e. The van der Waals surface area contributed by atoms with Crippen molar-refractivity contribution in [3.05, 3.63) is 24.1 Å². The Morgan fingerprint density at radius 3 is 2.61 bits per heavy atom. The maximum atomic E-state index is 12.2. The molecule has 4 rings (SSSR count). The Morgan fingerprint density at radius 2 is 1.96 bits per heavy atom. The second-order valence-electron chi connectivity index (χ2n) is 8.59. The molecule has 2 aliphatic heterocycles. The summed E-state index contributed by atoms with van der Waals surface area (Å²) in [6, 6.07) is 5.75. The van der Waals surface area contributed by atoms with E-state index < -0.39 is 5.60 Å². The lowest BCUT2D eigenvalue weighted by atomic mass is 9.97. The Balaban J connectivity index is 1.44. The number of carbonyl (C=O) groups is 2. The van der Waals surface area contributed by atoms with Crippen LogP contribution in [0.3, 0.4) is 0 Å². The highest BCUT2D eigenvalue weighted by Crippen LogP contribution is 2.32. The van der Waals surface area contributed by atoms with Gasteiger partial charge in [0.2, 0.25) is 5.91 Å². The number of piperidine rings is 1. The summed E-state index contributed by atoms with van der Waals surface area (Å²) in [5.74, 6) is 1.06. The van der Waals surface area contributed by atoms with Gasteiger partial charge in [0.25, 0.3) is 0 Å². The summed E-state index contributed by atoms with van der Waals surface area (Å²) in [6.45, 7) is 7.65. The third kappa shape index (κ3) is 3.84. The Hall–Kier alpha value is -2.57. The fourth-order valence-corrected chi connectivity index (χ4v) is 3.83. The molecular weight excluding hydrogens is 358 g/mol. The molecule has 7 nitrogen and oxygen atoms in total. The van der Waals surface area contributed by atoms with Crippen molar-refractivity contribution in [2.24, 2.45) is 0 Å². The number of ether oxygens (including phenoxy) is 1. The molecule has 0 aliphatic carbocycles. The van der Waals surface area contributed by atoms with Gasteiger partial charge in [-0.25, -0.2) is 9.78 Å². The summed E-state index contributed by atoms with van der Waals surface area (Å²) in [6.07, 6.45) is 2.84. The number of benzene rings is 1. The predicted molar refractivity (Wildman–Crippen MR) is 105 cm³/mol. The first-order valence-electron chi connectivity index (χ1n) is 9.99. The summed E-state index contributed by atoms with van der Waals surface area (Å²) in [5, 5.41) is 0. The first-order valence-corrected chi connectivity index (χ1v) is 9.99. The van der Waals surface area contributed by atoms with Gasteiger partial charge in [-0.1, -0.05) is 0 Å². The molecule has 2 amide bonds. The summed E-state index contributed by atoms with van der Waals surface area (Å²) in [4.78, 5) is 32.4. The van der Waals surface area contributed by atoms with Crippen LogP contribution >= 0.6 is 0 Å². The number of fused-ring (bicyclic) bond motifs is 1. The van der Waals surface area contributed by atoms with Crippen LogP contribution in [0.15, 0.2) is 22.6 Å². The maximum Gasteiger partial charge on any atom is 0.410 e. The Kier molecular flexibility index (Phi) is 4.77. The van der Waals surface area contributed by atoms with E-state index >= 15 is 0 Å². The van der Waals surface area contributed by atoms with Crippen LogP contribution in [0.5, 0.6) is 0 Å². The molecule has 1 aromatic carbocycles. The van der Waals surface area contributed by atoms with Gasteiger partial charge in [-0.15, -0.1) is 0 Å². The van der Waals surface area contributed by atoms with Gasteiger partial charge < -0.3 is 19.0 Å². The number of likely N-dealkylation sites (tertiary alicyclic amines) is 1. The van der Waals surface area contributed by atoms with Crippen molar-refractivity contribution in [3.8, 4) is 0 Å². The lowest BCUT2D eigenvalue weighted by Crippen LogP contribution is -2.41. The van der Waals surface area contributed by atoms with Crippen LogP contribution in [-0.4, -0.2) is 47.1 Å². The van der Waals surface area contributed by atoms with Crippen LogP contribution < -0.4 is 4.90 Å². The molecule has 2 saturated heterocycles. The molecule has 3 heterocycles. The van der Waals surface area contributed by atoms with Crippen molar-refractivity contribution in [1.29, 1.82) is 0 Å². The van der Waals surface area contributed by atoms with E-state index in [0.717, 1.165) is 42.6 Å². The van der Waals surface area contributed by atoms with Crippen molar-refractivity contribution in [1.82, 2.24) is 9.88 Å². The third-order valence-electron chi connectivity index (χ3n) is 5.27. The number of nitrogens with zero attached hydrogens (tertiary/aromatic N) is 3. The maximum absolute atomic E-state index is 12.2. The SMILES string of the molecule is CC(C)(C)OC(=O)N1CCC(c2nc3cc(N4CCCC4=O)ccc3o2)CC1. The number of hydrogen-bond acceptors (Lipinski definition) is 5. The van der Waals surface area contributed by atoms with Gasteiger partial charge >= 0.3 is 6.09 Å². The van der Waals surface area contributed by atoms with Crippen molar-refractivity contribution in [3.63, 3.8) is 0 Å². The van der Waals surface area contributed by atoms with Crippen LogP contribution in [0, 0.1) is 0 Å². The van der Waals surface area contributed by atoms with E-state index in [1.54, 1.807) is 4.90 Å². The van der Waals surface area contributed by atoms with Crippen molar-refractivity contribution in [2.75, 3.05) is 24.5 Å². The first-order chi connectivity index (χ1) is 13.3. The minimum atomic E-state index is -0.483. The normalized spacial score (nSPS) is 18.9. The van der Waals surface area contributed by atoms with E-state index in [4.69, 9.17) is 9.15 Å². The van der Waals surface area contributed by atoms with Crippen molar-refractivity contribution < 1.29 is 18.7 Å². The molecule has 0 radical (unpaired) electrons. The summed E-state index contributed by atoms with van der Waals surface area (Å²) < 4.78 is 11.4. The van der Waals surface area contributed by atoms with Gasteiger partial charge in [0.1, 0.15) is 11.1 Å². The highest BCUT2D eigenvalue weighted by Gasteiger charge is 2.30. The predicted octanol–water partition coefficient (Wildman–Crippen LogP) is 4.07. The lowest BCUT2D eigenvalue weighted by molar-refractivity contribution is -0.117. The molecule has 2 aromatic rings. The smallest absolute Gasteiger partial charge is 0.410 e. The fraction of sp³-hybridized carbons (Fsp3) is 0.571. The molecule has 0 unspecified atom stereocenters. The molecular formula is C21H27N3O4. The Morgan fingerprint density at radius 1 is 1.21 bits per heavy atom. The van der Waals surface area contributed by atoms with Crippen LogP contribution in [0.1, 0.15) is 58.3 Å². The number of oxazole rings is 1. The monoisotopic (exact) mass is 385 g/mol. The summed E-state index contributed by atoms with van der Waals surface area (Å²) in [5.41, 5.74) is 1.92. The average Bonchev–Trinajstić information content (AvgIpc) is 3.25. The van der Waals surface area contributed by atoms with Gasteiger partial charge in [0.15, 0.2) is 11.5 Å². The molecule has 0 spiro atoms. The standard InChI is InChI=1S/C21H27N3O4/c1-21(2,3)28-20(26)23-11-8-14(9-12-23)19-22-16-13-15(6-7-17(16)27-19)24-10-4-5-18(24)25/h6-7,13-14H,4-5,8-12H2,1-3H3. The van der Waals surface area contributed by atoms with Gasteiger partial charge in [-0.3, -0.25) is 4.79 Å². The zero-order valence-corrected chi connectivity index (χ0v) is 16.7. The van der Waals surface area contributed by atoms with Gasteiger partial charge in [0.05, 0.1) is 0 Å². The Labute approximate surface area is 164 Å². The summed E-state index contributed by atoms with van der Waals surface area (Å²) in [7, 11) is 0. The molecule has 0 N–H and O–H groups in total. The van der Waals surface area contributed by atoms with Crippen LogP contribution in [0.2, 0.25) is 0 Å². The number of rotatable bonds is 2. The number of anilines is 1. The largest absolute Gasteiger partial charge is 0.444 e. The zero-order chi connectivity index (χ0) is 19.9. The van der Waals surface area contributed by atoms with E-state index in [1.165, 1.54) is 0 Å². The molecule has 28 heavy (non-hydrogen) atoms.